The van der Waals surface area contributed by atoms with Gasteiger partial charge >= 0.3 is 16.8 Å². The molecule has 8 bridgehead atoms. The molecule has 2 aromatic heterocycles. The minimum Gasteiger partial charge on any atom is -0.412 e. The Morgan fingerprint density at radius 3 is 1.14 bits per heavy atom. The van der Waals surface area contributed by atoms with Gasteiger partial charge < -0.3 is 57.5 Å². The Kier molecular flexibility index (Phi) is 9.68. The second-order valence-electron chi connectivity index (χ2n) is 12.6. The Balaban J connectivity index is 0.000000233. The average Bonchev–Trinajstić information content (AvgIpc) is 4.02. The first-order valence-electron chi connectivity index (χ1n) is 17.5. The van der Waals surface area contributed by atoms with E-state index in [9.17, 15) is 0 Å². The van der Waals surface area contributed by atoms with Crippen LogP contribution in [0, 0.1) is 10.8 Å². The van der Waals surface area contributed by atoms with Gasteiger partial charge in [-0.05, 0) is 38.6 Å². The van der Waals surface area contributed by atoms with Crippen molar-refractivity contribution in [3.63, 3.8) is 0 Å². The van der Waals surface area contributed by atoms with Crippen LogP contribution in [0.4, 0.5) is 0 Å². The topological polar surface area (TPSA) is 219 Å². The molecule has 272 valence electrons. The number of rotatable bonds is 1. The molecule has 0 unspecified atom stereocenters. The Hall–Kier alpha value is -6.97. The van der Waals surface area contributed by atoms with E-state index in [1.165, 1.54) is 0 Å². The molecule has 56 heavy (non-hydrogen) atoms. The van der Waals surface area contributed by atoms with Crippen molar-refractivity contribution in [3.05, 3.63) is 138 Å². The number of aromatic nitrogens is 8. The fraction of sp³-hybridized carbons (Fsp3) is 0.0476. The summed E-state index contributed by atoms with van der Waals surface area (Å²) in [7, 11) is 0. The van der Waals surface area contributed by atoms with Crippen LogP contribution in [0.2, 0.25) is 0 Å². The van der Waals surface area contributed by atoms with Gasteiger partial charge in [-0.2, -0.15) is 0 Å². The minimum atomic E-state index is 0. The predicted octanol–water partition coefficient (Wildman–Crippen LogP) is 6.66. The van der Waals surface area contributed by atoms with Crippen molar-refractivity contribution < 1.29 is 16.8 Å². The van der Waals surface area contributed by atoms with Crippen LogP contribution in [0.15, 0.2) is 121 Å². The Labute approximate surface area is 330 Å². The molecule has 7 aromatic rings. The van der Waals surface area contributed by atoms with Crippen molar-refractivity contribution in [2.45, 2.75) is 0 Å². The number of nitrogens with two attached hydrogens (primary N) is 2. The molecule has 0 aliphatic carbocycles. The third-order valence-electron chi connectivity index (χ3n) is 9.16. The van der Waals surface area contributed by atoms with E-state index in [-0.39, 0.29) is 28.5 Å². The summed E-state index contributed by atoms with van der Waals surface area (Å²) in [5.74, 6) is 3.71. The molecule has 6 heterocycles. The van der Waals surface area contributed by atoms with Crippen molar-refractivity contribution >= 4 is 33.7 Å². The van der Waals surface area contributed by atoms with E-state index in [2.05, 4.69) is 5.32 Å². The monoisotopic (exact) mass is 775 g/mol. The third kappa shape index (κ3) is 6.37. The van der Waals surface area contributed by atoms with Crippen LogP contribution in [0.3, 0.4) is 0 Å². The third-order valence-corrected chi connectivity index (χ3v) is 9.16. The maximum Gasteiger partial charge on any atom is 3.00 e. The van der Waals surface area contributed by atoms with Crippen LogP contribution in [0.25, 0.3) is 95.7 Å². The molecular formula is C42H30CoN13. The number of nitrogens with zero attached hydrogens (tertiary/aromatic N) is 9. The minimum absolute atomic E-state index is 0. The van der Waals surface area contributed by atoms with Crippen LogP contribution in [0.5, 0.6) is 0 Å². The second kappa shape index (κ2) is 15.0. The molecule has 4 aliphatic rings. The van der Waals surface area contributed by atoms with Gasteiger partial charge in [0.25, 0.3) is 0 Å². The van der Waals surface area contributed by atoms with Gasteiger partial charge in [0, 0.05) is 70.2 Å². The second-order valence-corrected chi connectivity index (χ2v) is 12.6. The molecule has 13 nitrogen and oxygen atoms in total. The molecule has 5 aromatic carbocycles. The summed E-state index contributed by atoms with van der Waals surface area (Å²) in [4.78, 5) is 39.3. The quantitative estimate of drug-likeness (QED) is 0.139. The van der Waals surface area contributed by atoms with E-state index < -0.39 is 0 Å². The van der Waals surface area contributed by atoms with Gasteiger partial charge in [-0.3, -0.25) is 0 Å². The van der Waals surface area contributed by atoms with Crippen LogP contribution >= 0.6 is 0 Å². The molecule has 6 N–H and O–H groups in total. The molecule has 0 saturated heterocycles. The first kappa shape index (κ1) is 36.0. The number of benzene rings is 5. The molecule has 0 fully saturated rings. The maximum atomic E-state index is 7.35. The molecule has 0 saturated carbocycles. The zero-order valence-corrected chi connectivity index (χ0v) is 30.5. The van der Waals surface area contributed by atoms with Gasteiger partial charge in [0.05, 0.1) is 11.6 Å². The zero-order chi connectivity index (χ0) is 37.5. The molecule has 0 atom stereocenters. The molecule has 14 heteroatoms. The fourth-order valence-corrected chi connectivity index (χ4v) is 6.59. The summed E-state index contributed by atoms with van der Waals surface area (Å²) in [5.41, 5.74) is 17.8. The first-order chi connectivity index (χ1) is 27.0. The van der Waals surface area contributed by atoms with E-state index in [0.29, 0.717) is 59.3 Å². The van der Waals surface area contributed by atoms with Gasteiger partial charge in [-0.15, -0.1) is 0 Å². The van der Waals surface area contributed by atoms with E-state index >= 15 is 0 Å². The standard InChI is InChI=1S/C32H16N8.C8H6N3.C2H8N2.Co/c1-2-10-18-17(9-1)25-33-26(18)38-28-21-13-5-6-14-22(21)30(35-28)40-32-24-16-8-7-15-23(24)31(36-32)39-29-20-12-4-3-11-19(20)27(34-29)37-25;9-7-5-3-1-2-4-6(5)8(10)11-7;3-1-2-4;/h1-16H;1-4H,(H2-,9,10,11);1-4H2;/q-2;-1;;+3. The Morgan fingerprint density at radius 2 is 0.714 bits per heavy atom. The number of hydrogen-bond acceptors (Lipinski definition) is 10. The number of amidine groups is 2. The summed E-state index contributed by atoms with van der Waals surface area (Å²) in [5, 5.41) is 20.2. The molecule has 11 rings (SSSR count). The van der Waals surface area contributed by atoms with Gasteiger partial charge in [0.15, 0.2) is 5.82 Å². The molecule has 0 spiro atoms. The summed E-state index contributed by atoms with van der Waals surface area (Å²) < 4.78 is 0. The van der Waals surface area contributed by atoms with Crippen molar-refractivity contribution in [3.8, 4) is 68.3 Å². The van der Waals surface area contributed by atoms with Gasteiger partial charge in [0.1, 0.15) is 0 Å². The van der Waals surface area contributed by atoms with Crippen LogP contribution in [-0.4, -0.2) is 54.7 Å². The smallest absolute Gasteiger partial charge is 0.412 e. The summed E-state index contributed by atoms with van der Waals surface area (Å²) in [6.07, 6.45) is 0. The van der Waals surface area contributed by atoms with Crippen LogP contribution in [0.1, 0.15) is 11.1 Å². The number of fused-ring (bicyclic) bond motifs is 21. The summed E-state index contributed by atoms with van der Waals surface area (Å²) in [6, 6.07) is 39.1. The zero-order valence-electron chi connectivity index (χ0n) is 29.5. The van der Waals surface area contributed by atoms with Crippen molar-refractivity contribution in [1.29, 1.82) is 10.8 Å². The van der Waals surface area contributed by atoms with E-state index in [1.54, 1.807) is 0 Å². The average molecular weight is 776 g/mol. The summed E-state index contributed by atoms with van der Waals surface area (Å²) in [6.45, 7) is 1.19. The van der Waals surface area contributed by atoms with E-state index in [4.69, 9.17) is 62.2 Å². The molecular weight excluding hydrogens is 745 g/mol. The molecule has 4 aliphatic heterocycles. The SMILES string of the molecule is N=C1[N-]C(=N)c2ccccc21.NCCN.[Co+3].c1ccc2c(c1)-c1nc-2nc2[n-]c(nc3nc([n-]c4nc(n1)-c1ccccc1-4)-c1ccccc1-3)c1ccccc21. The Morgan fingerprint density at radius 1 is 0.393 bits per heavy atom. The van der Waals surface area contributed by atoms with Gasteiger partial charge in [-0.25, -0.2) is 9.97 Å². The largest absolute Gasteiger partial charge is 3.00 e. The van der Waals surface area contributed by atoms with Gasteiger partial charge in [0.2, 0.25) is 0 Å². The fourth-order valence-electron chi connectivity index (χ4n) is 6.59. The Bertz CT molecular complexity index is 2710. The normalized spacial score (nSPS) is 12.0. The molecule has 0 radical (unpaired) electrons. The van der Waals surface area contributed by atoms with Gasteiger partial charge in [-0.1, -0.05) is 121 Å². The number of hydrogen-bond donors (Lipinski definition) is 4. The van der Waals surface area contributed by atoms with Crippen molar-refractivity contribution in [2.75, 3.05) is 13.1 Å². The van der Waals surface area contributed by atoms with Crippen molar-refractivity contribution in [2.24, 2.45) is 11.5 Å². The van der Waals surface area contributed by atoms with Crippen molar-refractivity contribution in [1.82, 2.24) is 39.9 Å². The number of nitrogens with one attached hydrogen (secondary N) is 2. The maximum absolute atomic E-state index is 7.35. The summed E-state index contributed by atoms with van der Waals surface area (Å²) >= 11 is 0. The first-order valence-corrected chi connectivity index (χ1v) is 17.5. The molecule has 0 amide bonds. The van der Waals surface area contributed by atoms with Crippen LogP contribution < -0.4 is 21.4 Å². The predicted molar refractivity (Wildman–Crippen MR) is 214 cm³/mol. The van der Waals surface area contributed by atoms with E-state index in [0.717, 1.165) is 55.3 Å². The van der Waals surface area contributed by atoms with Crippen LogP contribution in [-0.2, 0) is 16.8 Å². The van der Waals surface area contributed by atoms with E-state index in [1.807, 2.05) is 121 Å².